The Balaban J connectivity index is 0.917. The number of ether oxygens (including phenoxy) is 4. The number of hydroxylamine groups is 2. The Labute approximate surface area is 305 Å². The van der Waals surface area contributed by atoms with Gasteiger partial charge in [0.05, 0.1) is 24.9 Å². The maximum atomic E-state index is 14.2. The number of amides is 1. The van der Waals surface area contributed by atoms with E-state index in [2.05, 4.69) is 68.6 Å². The van der Waals surface area contributed by atoms with Crippen LogP contribution in [0.3, 0.4) is 0 Å². The number of fused-ring (bicyclic) bond motifs is 7. The predicted molar refractivity (Wildman–Crippen MR) is 189 cm³/mol. The van der Waals surface area contributed by atoms with Crippen molar-refractivity contribution in [1.29, 1.82) is 0 Å². The van der Waals surface area contributed by atoms with Gasteiger partial charge in [-0.05, 0) is 78.5 Å². The number of epoxide rings is 1. The minimum atomic E-state index is -1.26. The Kier molecular flexibility index (Phi) is 7.52. The molecule has 3 saturated carbocycles. The van der Waals surface area contributed by atoms with Crippen molar-refractivity contribution in [1.82, 2.24) is 10.4 Å². The van der Waals surface area contributed by atoms with Crippen LogP contribution in [0.25, 0.3) is 6.08 Å². The van der Waals surface area contributed by atoms with Crippen molar-refractivity contribution in [2.24, 2.45) is 22.7 Å². The standard InChI is InChI=1S/C42H50N2O8/c1-39(2)21-29-26(12-13-32-40(3,49-32)15-14-30(29)39)18-24-8-10-25(11-9-24)23-44-35-37(46)48-31-22-42(35,38(47)43-16-17-45)36(52-44)34-33(31)50-41(51-34)19-27-6-4-5-7-28(27)20-41/h4-11,18,29-36,45H,12-17,19-23H2,1-3H3,(H,43,47). The second-order valence-electron chi connectivity index (χ2n) is 17.8. The molecule has 2 aromatic carbocycles. The number of rotatable bonds is 6. The lowest BCUT2D eigenvalue weighted by Crippen LogP contribution is -2.69. The Morgan fingerprint density at radius 1 is 0.981 bits per heavy atom. The normalized spacial score (nSPS) is 41.1. The van der Waals surface area contributed by atoms with Crippen molar-refractivity contribution in [3.8, 4) is 0 Å². The fourth-order valence-corrected chi connectivity index (χ4v) is 11.4. The summed E-state index contributed by atoms with van der Waals surface area (Å²) in [4.78, 5) is 34.8. The summed E-state index contributed by atoms with van der Waals surface area (Å²) >= 11 is 0. The zero-order chi connectivity index (χ0) is 35.6. The molecule has 2 aromatic rings. The lowest BCUT2D eigenvalue weighted by Gasteiger charge is -2.53. The molecular weight excluding hydrogens is 660 g/mol. The maximum absolute atomic E-state index is 14.2. The molecule has 1 amide bonds. The smallest absolute Gasteiger partial charge is 0.327 e. The predicted octanol–water partition coefficient (Wildman–Crippen LogP) is 4.65. The fraction of sp³-hybridized carbons (Fsp3) is 0.619. The summed E-state index contributed by atoms with van der Waals surface area (Å²) in [5, 5.41) is 14.1. The summed E-state index contributed by atoms with van der Waals surface area (Å²) in [7, 11) is 0. The van der Waals surface area contributed by atoms with Gasteiger partial charge < -0.3 is 29.4 Å². The molecule has 10 rings (SSSR count). The van der Waals surface area contributed by atoms with Crippen molar-refractivity contribution >= 4 is 18.0 Å². The Hall–Kier alpha value is -3.12. The largest absolute Gasteiger partial charge is 0.458 e. The van der Waals surface area contributed by atoms with Crippen molar-refractivity contribution in [3.63, 3.8) is 0 Å². The monoisotopic (exact) mass is 710 g/mol. The van der Waals surface area contributed by atoms with E-state index < -0.39 is 47.6 Å². The molecule has 10 heteroatoms. The average molecular weight is 711 g/mol. The van der Waals surface area contributed by atoms with Crippen LogP contribution in [0, 0.1) is 22.7 Å². The number of allylic oxidation sites excluding steroid dienone is 1. The van der Waals surface area contributed by atoms with E-state index in [-0.39, 0.29) is 37.6 Å². The molecule has 8 aliphatic rings. The Bertz CT molecular complexity index is 1800. The van der Waals surface area contributed by atoms with Gasteiger partial charge in [-0.25, -0.2) is 0 Å². The Morgan fingerprint density at radius 2 is 1.73 bits per heavy atom. The first kappa shape index (κ1) is 33.4. The van der Waals surface area contributed by atoms with Crippen LogP contribution >= 0.6 is 0 Å². The molecule has 2 N–H and O–H groups in total. The molecule has 4 saturated heterocycles. The molecule has 7 fully saturated rings. The van der Waals surface area contributed by atoms with E-state index in [1.165, 1.54) is 35.1 Å². The summed E-state index contributed by atoms with van der Waals surface area (Å²) in [5.41, 5.74) is 5.17. The number of hydrogen-bond acceptors (Lipinski definition) is 9. The van der Waals surface area contributed by atoms with Gasteiger partial charge in [-0.2, -0.15) is 5.06 Å². The maximum Gasteiger partial charge on any atom is 0.327 e. The summed E-state index contributed by atoms with van der Waals surface area (Å²) in [6.07, 6.45) is 7.33. The van der Waals surface area contributed by atoms with Crippen molar-refractivity contribution in [3.05, 3.63) is 76.4 Å². The number of hydrogen-bond donors (Lipinski definition) is 2. The molecular formula is C42H50N2O8. The molecule has 52 heavy (non-hydrogen) atoms. The van der Waals surface area contributed by atoms with Crippen LogP contribution < -0.4 is 5.32 Å². The van der Waals surface area contributed by atoms with E-state index in [0.29, 0.717) is 36.2 Å². The van der Waals surface area contributed by atoms with Gasteiger partial charge in [0.15, 0.2) is 11.8 Å². The lowest BCUT2D eigenvalue weighted by molar-refractivity contribution is -0.217. The number of nitrogens with one attached hydrogen (secondary N) is 1. The number of nitrogens with zero attached hydrogens (tertiary/aromatic N) is 1. The highest BCUT2D eigenvalue weighted by Crippen LogP contribution is 2.61. The van der Waals surface area contributed by atoms with Crippen LogP contribution in [-0.2, 0) is 52.8 Å². The fourth-order valence-electron chi connectivity index (χ4n) is 11.4. The molecule has 10 nitrogen and oxygen atoms in total. The van der Waals surface area contributed by atoms with Crippen molar-refractivity contribution in [2.45, 2.75) is 127 Å². The number of benzene rings is 2. The van der Waals surface area contributed by atoms with Crippen LogP contribution in [0.1, 0.15) is 81.5 Å². The van der Waals surface area contributed by atoms with Crippen LogP contribution in [0.5, 0.6) is 0 Å². The first-order chi connectivity index (χ1) is 25.0. The van der Waals surface area contributed by atoms with Gasteiger partial charge in [0, 0.05) is 25.8 Å². The van der Waals surface area contributed by atoms with Gasteiger partial charge in [-0.15, -0.1) is 0 Å². The minimum Gasteiger partial charge on any atom is -0.458 e. The minimum absolute atomic E-state index is 0.0633. The second-order valence-corrected chi connectivity index (χ2v) is 17.8. The lowest BCUT2D eigenvalue weighted by atomic mass is 9.52. The average Bonchev–Trinajstić information content (AvgIpc) is 3.41. The SMILES string of the molecule is CC1(C)CC2C(=Cc3ccc(CN4OC5C6OC7(Cc8ccccc8C7)OC6C6CC5(C(=O)NCCO)C4C(=O)O6)cc3)CCC3OC3(C)CCC21. The van der Waals surface area contributed by atoms with Gasteiger partial charge in [-0.1, -0.05) is 74.0 Å². The van der Waals surface area contributed by atoms with Gasteiger partial charge in [0.25, 0.3) is 0 Å². The highest BCUT2D eigenvalue weighted by molar-refractivity contribution is 5.93. The third-order valence-corrected chi connectivity index (χ3v) is 14.2. The van der Waals surface area contributed by atoms with Crippen LogP contribution in [0.15, 0.2) is 54.1 Å². The third kappa shape index (κ3) is 5.04. The number of carbonyl (C=O) groups is 2. The van der Waals surface area contributed by atoms with E-state index in [4.69, 9.17) is 23.8 Å². The van der Waals surface area contributed by atoms with Gasteiger partial charge in [0.1, 0.15) is 29.8 Å². The highest BCUT2D eigenvalue weighted by atomic mass is 16.8. The summed E-state index contributed by atoms with van der Waals surface area (Å²) < 4.78 is 25.8. The molecule has 0 radical (unpaired) electrons. The topological polar surface area (TPSA) is 119 Å². The molecule has 0 aromatic heterocycles. The second kappa shape index (κ2) is 11.7. The quantitative estimate of drug-likeness (QED) is 0.326. The van der Waals surface area contributed by atoms with E-state index in [0.717, 1.165) is 24.8 Å². The van der Waals surface area contributed by atoms with Crippen LogP contribution in [-0.4, -0.2) is 83.1 Å². The van der Waals surface area contributed by atoms with E-state index in [1.54, 1.807) is 5.06 Å². The van der Waals surface area contributed by atoms with E-state index in [9.17, 15) is 14.7 Å². The van der Waals surface area contributed by atoms with Gasteiger partial charge in [0.2, 0.25) is 5.91 Å². The highest BCUT2D eigenvalue weighted by Gasteiger charge is 2.76. The number of aliphatic hydroxyl groups excluding tert-OH is 1. The van der Waals surface area contributed by atoms with Crippen molar-refractivity contribution in [2.75, 3.05) is 13.2 Å². The number of aliphatic hydroxyl groups is 1. The summed E-state index contributed by atoms with van der Waals surface area (Å²) in [6.45, 7) is 7.29. The van der Waals surface area contributed by atoms with E-state index >= 15 is 0 Å². The van der Waals surface area contributed by atoms with Crippen molar-refractivity contribution < 1.29 is 38.5 Å². The third-order valence-electron chi connectivity index (χ3n) is 14.2. The first-order valence-electron chi connectivity index (χ1n) is 19.4. The number of carbonyl (C=O) groups excluding carboxylic acids is 2. The molecule has 1 spiro atoms. The zero-order valence-corrected chi connectivity index (χ0v) is 30.3. The summed E-state index contributed by atoms with van der Waals surface area (Å²) in [5.74, 6) is -0.429. The summed E-state index contributed by atoms with van der Waals surface area (Å²) in [6, 6.07) is 15.7. The molecule has 276 valence electrons. The molecule has 4 heterocycles. The van der Waals surface area contributed by atoms with Crippen LogP contribution in [0.2, 0.25) is 0 Å². The molecule has 4 aliphatic carbocycles. The molecule has 10 atom stereocenters. The number of esters is 1. The molecule has 10 unspecified atom stereocenters. The first-order valence-corrected chi connectivity index (χ1v) is 19.4. The molecule has 2 bridgehead atoms. The molecule has 4 aliphatic heterocycles. The zero-order valence-electron chi connectivity index (χ0n) is 30.3. The van der Waals surface area contributed by atoms with Gasteiger partial charge in [-0.3, -0.25) is 14.4 Å². The van der Waals surface area contributed by atoms with E-state index in [1.807, 2.05) is 12.1 Å². The Morgan fingerprint density at radius 3 is 2.46 bits per heavy atom. The van der Waals surface area contributed by atoms with Crippen LogP contribution in [0.4, 0.5) is 0 Å². The van der Waals surface area contributed by atoms with Gasteiger partial charge >= 0.3 is 5.97 Å².